The highest BCUT2D eigenvalue weighted by Crippen LogP contribution is 2.44. The van der Waals surface area contributed by atoms with Gasteiger partial charge in [0.15, 0.2) is 0 Å². The second-order valence-corrected chi connectivity index (χ2v) is 8.77. The lowest BCUT2D eigenvalue weighted by molar-refractivity contribution is -0.156. The van der Waals surface area contributed by atoms with E-state index in [0.717, 1.165) is 0 Å². The van der Waals surface area contributed by atoms with Crippen molar-refractivity contribution in [2.45, 2.75) is 53.0 Å². The maximum absolute atomic E-state index is 12.2. The van der Waals surface area contributed by atoms with Gasteiger partial charge in [0, 0.05) is 6.54 Å². The Labute approximate surface area is 116 Å². The van der Waals surface area contributed by atoms with Crippen LogP contribution in [-0.2, 0) is 14.8 Å². The SMILES string of the molecule is CC(C)C[C@](C(=O)O)(N1CCCS1(=O)=O)C(C)(C)C. The zero-order chi connectivity index (χ0) is 15.1. The maximum atomic E-state index is 12.2. The van der Waals surface area contributed by atoms with E-state index in [-0.39, 0.29) is 11.7 Å². The van der Waals surface area contributed by atoms with E-state index < -0.39 is 26.9 Å². The third kappa shape index (κ3) is 2.79. The first kappa shape index (κ1) is 16.4. The Morgan fingerprint density at radius 1 is 1.32 bits per heavy atom. The molecule has 1 aliphatic heterocycles. The second-order valence-electron chi connectivity index (χ2n) is 6.76. The number of hydrogen-bond acceptors (Lipinski definition) is 3. The predicted octanol–water partition coefficient (Wildman–Crippen LogP) is 1.94. The van der Waals surface area contributed by atoms with Crippen molar-refractivity contribution in [1.82, 2.24) is 4.31 Å². The van der Waals surface area contributed by atoms with Gasteiger partial charge in [0.1, 0.15) is 5.54 Å². The number of rotatable bonds is 4. The van der Waals surface area contributed by atoms with Crippen molar-refractivity contribution in [3.63, 3.8) is 0 Å². The molecule has 1 aliphatic rings. The molecule has 0 radical (unpaired) electrons. The summed E-state index contributed by atoms with van der Waals surface area (Å²) >= 11 is 0. The Morgan fingerprint density at radius 2 is 1.84 bits per heavy atom. The predicted molar refractivity (Wildman–Crippen MR) is 74.4 cm³/mol. The molecule has 0 aromatic carbocycles. The van der Waals surface area contributed by atoms with Crippen LogP contribution in [0.2, 0.25) is 0 Å². The molecule has 0 unspecified atom stereocenters. The first-order chi connectivity index (χ1) is 8.45. The van der Waals surface area contributed by atoms with E-state index in [0.29, 0.717) is 19.4 Å². The molecule has 0 spiro atoms. The minimum absolute atomic E-state index is 0.0518. The molecular weight excluding hydrogens is 266 g/mol. The van der Waals surface area contributed by atoms with Crippen LogP contribution in [-0.4, -0.2) is 41.6 Å². The van der Waals surface area contributed by atoms with E-state index in [4.69, 9.17) is 0 Å². The molecule has 0 aliphatic carbocycles. The summed E-state index contributed by atoms with van der Waals surface area (Å²) in [6, 6.07) is 0. The molecule has 0 aromatic heterocycles. The van der Waals surface area contributed by atoms with E-state index in [9.17, 15) is 18.3 Å². The van der Waals surface area contributed by atoms with Gasteiger partial charge in [-0.25, -0.2) is 8.42 Å². The summed E-state index contributed by atoms with van der Waals surface area (Å²) in [6.07, 6.45) is 0.830. The highest BCUT2D eigenvalue weighted by molar-refractivity contribution is 7.89. The van der Waals surface area contributed by atoms with Crippen molar-refractivity contribution in [3.05, 3.63) is 0 Å². The van der Waals surface area contributed by atoms with Crippen LogP contribution in [0.5, 0.6) is 0 Å². The minimum Gasteiger partial charge on any atom is -0.480 e. The lowest BCUT2D eigenvalue weighted by Gasteiger charge is -2.47. The molecule has 1 fully saturated rings. The molecule has 1 saturated heterocycles. The molecule has 0 bridgehead atoms. The molecule has 19 heavy (non-hydrogen) atoms. The third-order valence-electron chi connectivity index (χ3n) is 3.82. The van der Waals surface area contributed by atoms with Crippen LogP contribution >= 0.6 is 0 Å². The van der Waals surface area contributed by atoms with E-state index in [1.54, 1.807) is 20.8 Å². The van der Waals surface area contributed by atoms with Crippen molar-refractivity contribution in [2.75, 3.05) is 12.3 Å². The van der Waals surface area contributed by atoms with Gasteiger partial charge in [0.2, 0.25) is 10.0 Å². The van der Waals surface area contributed by atoms with Gasteiger partial charge in [-0.05, 0) is 24.2 Å². The fraction of sp³-hybridized carbons (Fsp3) is 0.923. The number of carboxylic acid groups (broad SMARTS) is 1. The molecule has 112 valence electrons. The van der Waals surface area contributed by atoms with Crippen LogP contribution in [0.15, 0.2) is 0 Å². The van der Waals surface area contributed by atoms with Gasteiger partial charge in [-0.3, -0.25) is 4.79 Å². The molecule has 1 N–H and O–H groups in total. The maximum Gasteiger partial charge on any atom is 0.325 e. The summed E-state index contributed by atoms with van der Waals surface area (Å²) in [5.74, 6) is -0.888. The molecule has 1 rings (SSSR count). The van der Waals surface area contributed by atoms with Gasteiger partial charge in [-0.15, -0.1) is 0 Å². The van der Waals surface area contributed by atoms with Crippen LogP contribution in [0, 0.1) is 11.3 Å². The molecule has 5 nitrogen and oxygen atoms in total. The fourth-order valence-electron chi connectivity index (χ4n) is 2.96. The summed E-state index contributed by atoms with van der Waals surface area (Å²) in [5.41, 5.74) is -2.03. The topological polar surface area (TPSA) is 74.7 Å². The highest BCUT2D eigenvalue weighted by atomic mass is 32.2. The molecule has 1 heterocycles. The Kier molecular flexibility index (Phi) is 4.37. The molecule has 6 heteroatoms. The summed E-state index contributed by atoms with van der Waals surface area (Å²) in [4.78, 5) is 12.0. The fourth-order valence-corrected chi connectivity index (χ4v) is 4.98. The number of aliphatic carboxylic acids is 1. The van der Waals surface area contributed by atoms with E-state index >= 15 is 0 Å². The number of nitrogens with zero attached hydrogens (tertiary/aromatic N) is 1. The first-order valence-electron chi connectivity index (χ1n) is 6.69. The molecule has 0 saturated carbocycles. The van der Waals surface area contributed by atoms with Gasteiger partial charge in [-0.1, -0.05) is 34.6 Å². The zero-order valence-electron chi connectivity index (χ0n) is 12.4. The van der Waals surface area contributed by atoms with Gasteiger partial charge in [-0.2, -0.15) is 4.31 Å². The third-order valence-corrected chi connectivity index (χ3v) is 5.79. The number of sulfonamides is 1. The van der Waals surface area contributed by atoms with Crippen molar-refractivity contribution >= 4 is 16.0 Å². The van der Waals surface area contributed by atoms with E-state index in [1.165, 1.54) is 4.31 Å². The average molecular weight is 291 g/mol. The molecule has 0 amide bonds. The highest BCUT2D eigenvalue weighted by Gasteiger charge is 2.58. The smallest absolute Gasteiger partial charge is 0.325 e. The molecular formula is C13H25NO4S. The first-order valence-corrected chi connectivity index (χ1v) is 8.30. The lowest BCUT2D eigenvalue weighted by Crippen LogP contribution is -2.63. The van der Waals surface area contributed by atoms with Gasteiger partial charge in [0.25, 0.3) is 0 Å². The van der Waals surface area contributed by atoms with Crippen molar-refractivity contribution in [1.29, 1.82) is 0 Å². The summed E-state index contributed by atoms with van der Waals surface area (Å²) in [5, 5.41) is 9.79. The Morgan fingerprint density at radius 3 is 2.11 bits per heavy atom. The number of hydrogen-bond donors (Lipinski definition) is 1. The van der Waals surface area contributed by atoms with Gasteiger partial charge >= 0.3 is 5.97 Å². The van der Waals surface area contributed by atoms with Gasteiger partial charge < -0.3 is 5.11 Å². The zero-order valence-corrected chi connectivity index (χ0v) is 13.2. The Balaban J connectivity index is 3.44. The van der Waals surface area contributed by atoms with Crippen LogP contribution in [0.25, 0.3) is 0 Å². The minimum atomic E-state index is -3.47. The summed E-state index contributed by atoms with van der Waals surface area (Å²) in [7, 11) is -3.47. The second kappa shape index (κ2) is 5.05. The average Bonchev–Trinajstić information content (AvgIpc) is 2.52. The Hall–Kier alpha value is -0.620. The summed E-state index contributed by atoms with van der Waals surface area (Å²) < 4.78 is 25.6. The quantitative estimate of drug-likeness (QED) is 0.859. The van der Waals surface area contributed by atoms with Crippen molar-refractivity contribution < 1.29 is 18.3 Å². The van der Waals surface area contributed by atoms with Crippen LogP contribution < -0.4 is 0 Å². The summed E-state index contributed by atoms with van der Waals surface area (Å²) in [6.45, 7) is 9.56. The molecule has 1 atom stereocenters. The normalized spacial score (nSPS) is 23.5. The number of carbonyl (C=O) groups is 1. The monoisotopic (exact) mass is 291 g/mol. The van der Waals surface area contributed by atoms with E-state index in [2.05, 4.69) is 0 Å². The van der Waals surface area contributed by atoms with Crippen molar-refractivity contribution in [2.24, 2.45) is 11.3 Å². The van der Waals surface area contributed by atoms with Gasteiger partial charge in [0.05, 0.1) is 5.75 Å². The van der Waals surface area contributed by atoms with Crippen LogP contribution in [0.3, 0.4) is 0 Å². The molecule has 0 aromatic rings. The van der Waals surface area contributed by atoms with Crippen LogP contribution in [0.1, 0.15) is 47.5 Å². The van der Waals surface area contributed by atoms with E-state index in [1.807, 2.05) is 13.8 Å². The lowest BCUT2D eigenvalue weighted by atomic mass is 9.69. The largest absolute Gasteiger partial charge is 0.480 e. The Bertz CT molecular complexity index is 450. The standard InChI is InChI=1S/C13H25NO4S/c1-10(2)9-13(11(15)16,12(3,4)5)14-7-6-8-19(14,17)18/h10H,6-9H2,1-5H3,(H,15,16)/t13-/m1/s1. The van der Waals surface area contributed by atoms with Crippen molar-refractivity contribution in [3.8, 4) is 0 Å². The van der Waals surface area contributed by atoms with Crippen LogP contribution in [0.4, 0.5) is 0 Å². The number of carboxylic acids is 1.